The average Bonchev–Trinajstić information content (AvgIpc) is 2.86. The molecule has 3 rings (SSSR count). The van der Waals surface area contributed by atoms with Crippen LogP contribution in [0.5, 0.6) is 0 Å². The van der Waals surface area contributed by atoms with Crippen molar-refractivity contribution in [1.82, 2.24) is 5.32 Å². The van der Waals surface area contributed by atoms with E-state index < -0.39 is 34.6 Å². The van der Waals surface area contributed by atoms with Crippen LogP contribution >= 0.6 is 11.8 Å². The highest BCUT2D eigenvalue weighted by molar-refractivity contribution is 8.02. The van der Waals surface area contributed by atoms with Gasteiger partial charge in [0.05, 0.1) is 41.4 Å². The number of benzene rings is 2. The van der Waals surface area contributed by atoms with Gasteiger partial charge in [0.15, 0.2) is 0 Å². The van der Waals surface area contributed by atoms with Crippen LogP contribution in [0.2, 0.25) is 0 Å². The van der Waals surface area contributed by atoms with Crippen molar-refractivity contribution in [1.29, 1.82) is 5.26 Å². The van der Waals surface area contributed by atoms with Gasteiger partial charge in [-0.1, -0.05) is 24.3 Å². The van der Waals surface area contributed by atoms with Crippen LogP contribution in [0.25, 0.3) is 0 Å². The first-order valence-corrected chi connectivity index (χ1v) is 10.9. The number of esters is 2. The predicted molar refractivity (Wildman–Crippen MR) is 121 cm³/mol. The smallest absolute Gasteiger partial charge is 0.337 e. The summed E-state index contributed by atoms with van der Waals surface area (Å²) in [6.07, 6.45) is 0. The molecule has 0 saturated carbocycles. The second-order valence-corrected chi connectivity index (χ2v) is 8.13. The van der Waals surface area contributed by atoms with Gasteiger partial charge >= 0.3 is 11.9 Å². The topological polar surface area (TPSA) is 149 Å². The molecule has 2 aromatic carbocycles. The lowest BCUT2D eigenvalue weighted by Crippen LogP contribution is -2.44. The molecule has 0 bridgehead atoms. The van der Waals surface area contributed by atoms with E-state index >= 15 is 0 Å². The first-order chi connectivity index (χ1) is 16.3. The Morgan fingerprint density at radius 2 is 1.76 bits per heavy atom. The SMILES string of the molecule is COC(=O)c1ccc([C@H]2C(C#N)=C(SCc3ccc([N+](=O)[O-])cc3)NC(=O)[C@@H]2C(=O)OC)cc1. The molecule has 1 N–H and O–H groups in total. The van der Waals surface area contributed by atoms with Crippen LogP contribution in [0.3, 0.4) is 0 Å². The van der Waals surface area contributed by atoms with Crippen molar-refractivity contribution in [2.75, 3.05) is 14.2 Å². The Kier molecular flexibility index (Phi) is 7.65. The minimum atomic E-state index is -1.30. The highest BCUT2D eigenvalue weighted by Crippen LogP contribution is 2.41. The van der Waals surface area contributed by atoms with E-state index in [4.69, 9.17) is 4.74 Å². The van der Waals surface area contributed by atoms with Gasteiger partial charge < -0.3 is 14.8 Å². The van der Waals surface area contributed by atoms with Crippen molar-refractivity contribution in [3.05, 3.63) is 85.9 Å². The maximum atomic E-state index is 12.9. The van der Waals surface area contributed by atoms with E-state index in [9.17, 15) is 29.8 Å². The summed E-state index contributed by atoms with van der Waals surface area (Å²) in [5.74, 6) is -3.89. The van der Waals surface area contributed by atoms with Gasteiger partial charge in [0.25, 0.3) is 5.69 Å². The molecule has 2 atom stereocenters. The van der Waals surface area contributed by atoms with Crippen molar-refractivity contribution < 1.29 is 28.8 Å². The van der Waals surface area contributed by atoms with E-state index in [0.29, 0.717) is 11.3 Å². The minimum absolute atomic E-state index is 0.0481. The van der Waals surface area contributed by atoms with Gasteiger partial charge in [-0.15, -0.1) is 11.8 Å². The zero-order chi connectivity index (χ0) is 24.8. The minimum Gasteiger partial charge on any atom is -0.468 e. The number of nitrogens with zero attached hydrogens (tertiary/aromatic N) is 2. The molecule has 0 aromatic heterocycles. The summed E-state index contributed by atoms with van der Waals surface area (Å²) in [6.45, 7) is 0. The van der Waals surface area contributed by atoms with Crippen LogP contribution in [-0.2, 0) is 24.8 Å². The molecule has 0 radical (unpaired) electrons. The lowest BCUT2D eigenvalue weighted by Gasteiger charge is -2.31. The van der Waals surface area contributed by atoms with Gasteiger partial charge in [-0.3, -0.25) is 19.7 Å². The Hall–Kier alpha value is -4.17. The molecule has 1 amide bonds. The number of hydrogen-bond donors (Lipinski definition) is 1. The van der Waals surface area contributed by atoms with Crippen molar-refractivity contribution in [2.45, 2.75) is 11.7 Å². The molecular weight excluding hydrogens is 462 g/mol. The first kappa shape index (κ1) is 24.5. The molecule has 11 heteroatoms. The average molecular weight is 481 g/mol. The third-order valence-corrected chi connectivity index (χ3v) is 6.29. The van der Waals surface area contributed by atoms with E-state index in [1.165, 1.54) is 31.4 Å². The number of carbonyl (C=O) groups excluding carboxylic acids is 3. The summed E-state index contributed by atoms with van der Waals surface area (Å²) >= 11 is 1.16. The van der Waals surface area contributed by atoms with E-state index in [1.54, 1.807) is 24.3 Å². The Labute approximate surface area is 198 Å². The lowest BCUT2D eigenvalue weighted by molar-refractivity contribution is -0.384. The number of carbonyl (C=O) groups is 3. The summed E-state index contributed by atoms with van der Waals surface area (Å²) in [4.78, 5) is 47.4. The number of methoxy groups -OCH3 is 2. The third kappa shape index (κ3) is 5.07. The molecule has 34 heavy (non-hydrogen) atoms. The number of allylic oxidation sites excluding steroid dienone is 1. The predicted octanol–water partition coefficient (Wildman–Crippen LogP) is 3.05. The summed E-state index contributed by atoms with van der Waals surface area (Å²) < 4.78 is 9.50. The van der Waals surface area contributed by atoms with Crippen LogP contribution in [0.4, 0.5) is 5.69 Å². The Balaban J connectivity index is 1.98. The second-order valence-electron chi connectivity index (χ2n) is 7.15. The molecule has 174 valence electrons. The number of amides is 1. The third-order valence-electron chi connectivity index (χ3n) is 5.20. The van der Waals surface area contributed by atoms with Crippen LogP contribution in [-0.4, -0.2) is 37.0 Å². The molecule has 0 aliphatic carbocycles. The largest absolute Gasteiger partial charge is 0.468 e. The number of nitriles is 1. The summed E-state index contributed by atoms with van der Waals surface area (Å²) in [7, 11) is 2.40. The standard InChI is InChI=1S/C23H19N3O7S/c1-32-22(28)15-7-5-14(6-8-15)18-17(11-24)21(25-20(27)19(18)23(29)33-2)34-12-13-3-9-16(10-4-13)26(30)31/h3-10,18-19H,12H2,1-2H3,(H,25,27)/t18-,19+/m0/s1. The monoisotopic (exact) mass is 481 g/mol. The number of nitro groups is 1. The number of hydrogen-bond acceptors (Lipinski definition) is 9. The van der Waals surface area contributed by atoms with Gasteiger partial charge in [0.2, 0.25) is 5.91 Å². The Morgan fingerprint density at radius 1 is 1.12 bits per heavy atom. The maximum absolute atomic E-state index is 12.9. The van der Waals surface area contributed by atoms with Crippen LogP contribution in [0.15, 0.2) is 59.1 Å². The number of nitro benzene ring substituents is 1. The first-order valence-electron chi connectivity index (χ1n) is 9.88. The molecule has 1 aliphatic heterocycles. The molecule has 0 saturated heterocycles. The Bertz CT molecular complexity index is 1200. The van der Waals surface area contributed by atoms with Crippen molar-refractivity contribution in [2.24, 2.45) is 5.92 Å². The van der Waals surface area contributed by atoms with Crippen LogP contribution in [0.1, 0.15) is 27.4 Å². The van der Waals surface area contributed by atoms with E-state index in [-0.39, 0.29) is 21.9 Å². The number of nitrogens with one attached hydrogen (secondary N) is 1. The lowest BCUT2D eigenvalue weighted by atomic mass is 9.78. The number of ether oxygens (including phenoxy) is 2. The van der Waals surface area contributed by atoms with Crippen molar-refractivity contribution in [3.63, 3.8) is 0 Å². The molecule has 0 unspecified atom stereocenters. The van der Waals surface area contributed by atoms with E-state index in [1.807, 2.05) is 0 Å². The number of thioether (sulfide) groups is 1. The molecule has 0 spiro atoms. The normalized spacial score (nSPS) is 17.4. The van der Waals surface area contributed by atoms with Crippen molar-refractivity contribution in [3.8, 4) is 6.07 Å². The van der Waals surface area contributed by atoms with Gasteiger partial charge in [-0.05, 0) is 23.3 Å². The zero-order valence-electron chi connectivity index (χ0n) is 18.1. The highest BCUT2D eigenvalue weighted by atomic mass is 32.2. The van der Waals surface area contributed by atoms with Gasteiger partial charge in [0.1, 0.15) is 5.92 Å². The van der Waals surface area contributed by atoms with Gasteiger partial charge in [0, 0.05) is 23.8 Å². The maximum Gasteiger partial charge on any atom is 0.337 e. The summed E-state index contributed by atoms with van der Waals surface area (Å²) in [5, 5.41) is 23.7. The fourth-order valence-corrected chi connectivity index (χ4v) is 4.50. The quantitative estimate of drug-likeness (QED) is 0.272. The van der Waals surface area contributed by atoms with Gasteiger partial charge in [-0.25, -0.2) is 4.79 Å². The summed E-state index contributed by atoms with van der Waals surface area (Å²) in [5.41, 5.74) is 1.60. The summed E-state index contributed by atoms with van der Waals surface area (Å²) in [6, 6.07) is 14.1. The number of rotatable bonds is 7. The highest BCUT2D eigenvalue weighted by Gasteiger charge is 2.44. The second kappa shape index (κ2) is 10.6. The van der Waals surface area contributed by atoms with Crippen molar-refractivity contribution >= 4 is 35.3 Å². The number of non-ortho nitro benzene ring substituents is 1. The molecule has 1 aliphatic rings. The fraction of sp³-hybridized carbons (Fsp3) is 0.217. The Morgan fingerprint density at radius 3 is 2.29 bits per heavy atom. The molecule has 1 heterocycles. The molecule has 2 aromatic rings. The molecule has 0 fully saturated rings. The fourth-order valence-electron chi connectivity index (χ4n) is 3.49. The van der Waals surface area contributed by atoms with Crippen LogP contribution < -0.4 is 5.32 Å². The van der Waals surface area contributed by atoms with Gasteiger partial charge in [-0.2, -0.15) is 5.26 Å². The van der Waals surface area contributed by atoms with E-state index in [0.717, 1.165) is 24.4 Å². The molecular formula is C23H19N3O7S. The zero-order valence-corrected chi connectivity index (χ0v) is 19.0. The van der Waals surface area contributed by atoms with E-state index in [2.05, 4.69) is 16.1 Å². The van der Waals surface area contributed by atoms with Crippen LogP contribution in [0, 0.1) is 27.4 Å². The molecule has 10 nitrogen and oxygen atoms in total.